The van der Waals surface area contributed by atoms with Gasteiger partial charge >= 0.3 is 0 Å². The van der Waals surface area contributed by atoms with E-state index in [1.165, 1.54) is 16.3 Å². The van der Waals surface area contributed by atoms with Gasteiger partial charge in [0.15, 0.2) is 0 Å². The lowest BCUT2D eigenvalue weighted by molar-refractivity contribution is 0.184. The van der Waals surface area contributed by atoms with Crippen molar-refractivity contribution in [3.8, 4) is 0 Å². The van der Waals surface area contributed by atoms with Gasteiger partial charge in [0.2, 0.25) is 0 Å². The van der Waals surface area contributed by atoms with Crippen LogP contribution in [-0.2, 0) is 6.54 Å². The summed E-state index contributed by atoms with van der Waals surface area (Å²) < 4.78 is 2.01. The average molecular weight is 292 g/mol. The third-order valence-electron chi connectivity index (χ3n) is 3.97. The van der Waals surface area contributed by atoms with Crippen molar-refractivity contribution in [2.45, 2.75) is 12.6 Å². The fourth-order valence-electron chi connectivity index (χ4n) is 2.88. The largest absolute Gasteiger partial charge is 0.385 e. The normalized spacial score (nSPS) is 17.0. The number of aromatic nitrogens is 2. The van der Waals surface area contributed by atoms with E-state index in [1.807, 2.05) is 10.6 Å². The van der Waals surface area contributed by atoms with Gasteiger partial charge in [0.25, 0.3) is 0 Å². The second-order valence-corrected chi connectivity index (χ2v) is 5.40. The fourth-order valence-corrected chi connectivity index (χ4v) is 2.88. The molecular formula is C17H16N4O. The minimum atomic E-state index is -0.657. The summed E-state index contributed by atoms with van der Waals surface area (Å²) in [5, 5.41) is 15.6. The van der Waals surface area contributed by atoms with Crippen molar-refractivity contribution in [3.05, 3.63) is 60.0 Å². The van der Waals surface area contributed by atoms with Gasteiger partial charge in [-0.05, 0) is 16.3 Å². The fraction of sp³-hybridized carbons (Fsp3) is 0.176. The maximum absolute atomic E-state index is 10.1. The van der Waals surface area contributed by atoms with E-state index in [-0.39, 0.29) is 0 Å². The number of hydrogen-bond donors (Lipinski definition) is 2. The lowest BCUT2D eigenvalue weighted by Gasteiger charge is -2.11. The van der Waals surface area contributed by atoms with Crippen LogP contribution in [0.4, 0.5) is 5.82 Å². The smallest absolute Gasteiger partial charge is 0.137 e. The highest BCUT2D eigenvalue weighted by atomic mass is 16.3. The third-order valence-corrected chi connectivity index (χ3v) is 3.97. The Balaban J connectivity index is 1.76. The SMILES string of the molecule is OC1CN=CNc2c1ncn2Cc1cccc2ccccc12. The second-order valence-electron chi connectivity index (χ2n) is 5.40. The van der Waals surface area contributed by atoms with Crippen LogP contribution in [0.15, 0.2) is 53.8 Å². The highest BCUT2D eigenvalue weighted by molar-refractivity contribution is 5.85. The molecule has 3 aromatic rings. The summed E-state index contributed by atoms with van der Waals surface area (Å²) in [7, 11) is 0. The monoisotopic (exact) mass is 292 g/mol. The van der Waals surface area contributed by atoms with E-state index < -0.39 is 6.10 Å². The summed E-state index contributed by atoms with van der Waals surface area (Å²) in [4.78, 5) is 8.44. The minimum Gasteiger partial charge on any atom is -0.385 e. The van der Waals surface area contributed by atoms with Gasteiger partial charge in [-0.3, -0.25) is 4.99 Å². The lowest BCUT2D eigenvalue weighted by atomic mass is 10.0. The van der Waals surface area contributed by atoms with Gasteiger partial charge in [-0.15, -0.1) is 0 Å². The molecule has 1 atom stereocenters. The van der Waals surface area contributed by atoms with Crippen molar-refractivity contribution >= 4 is 22.9 Å². The summed E-state index contributed by atoms with van der Waals surface area (Å²) in [6.45, 7) is 1.03. The Kier molecular flexibility index (Phi) is 3.12. The molecule has 1 unspecified atom stereocenters. The number of hydrogen-bond acceptors (Lipinski definition) is 4. The van der Waals surface area contributed by atoms with E-state index in [0.717, 1.165) is 5.82 Å². The van der Waals surface area contributed by atoms with E-state index in [1.54, 1.807) is 12.7 Å². The Morgan fingerprint density at radius 2 is 2.05 bits per heavy atom. The molecule has 0 bridgehead atoms. The van der Waals surface area contributed by atoms with E-state index in [9.17, 15) is 5.11 Å². The van der Waals surface area contributed by atoms with Crippen LogP contribution in [0.1, 0.15) is 17.4 Å². The van der Waals surface area contributed by atoms with Gasteiger partial charge in [-0.25, -0.2) is 4.98 Å². The third kappa shape index (κ3) is 2.16. The number of fused-ring (bicyclic) bond motifs is 2. The number of nitrogens with one attached hydrogen (secondary N) is 1. The first-order chi connectivity index (χ1) is 10.8. The van der Waals surface area contributed by atoms with Gasteiger partial charge in [0.1, 0.15) is 17.6 Å². The quantitative estimate of drug-likeness (QED) is 0.763. The molecule has 0 spiro atoms. The molecule has 2 aromatic carbocycles. The van der Waals surface area contributed by atoms with Gasteiger partial charge < -0.3 is 15.0 Å². The van der Waals surface area contributed by atoms with Crippen LogP contribution in [-0.4, -0.2) is 27.5 Å². The maximum Gasteiger partial charge on any atom is 0.137 e. The molecular weight excluding hydrogens is 276 g/mol. The molecule has 1 aliphatic heterocycles. The van der Waals surface area contributed by atoms with Gasteiger partial charge in [-0.2, -0.15) is 0 Å². The highest BCUT2D eigenvalue weighted by Crippen LogP contribution is 2.26. The number of aliphatic hydroxyl groups is 1. The van der Waals surface area contributed by atoms with Crippen molar-refractivity contribution in [1.29, 1.82) is 0 Å². The molecule has 0 radical (unpaired) electrons. The molecule has 4 rings (SSSR count). The Morgan fingerprint density at radius 3 is 3.00 bits per heavy atom. The Labute approximate surface area is 128 Å². The molecule has 110 valence electrons. The predicted molar refractivity (Wildman–Crippen MR) is 87.2 cm³/mol. The number of nitrogens with zero attached hydrogens (tertiary/aromatic N) is 3. The lowest BCUT2D eigenvalue weighted by Crippen LogP contribution is -2.07. The molecule has 1 aliphatic rings. The van der Waals surface area contributed by atoms with E-state index >= 15 is 0 Å². The predicted octanol–water partition coefficient (Wildman–Crippen LogP) is 2.57. The molecule has 1 aromatic heterocycles. The molecule has 5 heteroatoms. The topological polar surface area (TPSA) is 62.4 Å². The Bertz CT molecular complexity index is 847. The number of anilines is 1. The van der Waals surface area contributed by atoms with Crippen LogP contribution in [0, 0.1) is 0 Å². The first kappa shape index (κ1) is 13.0. The van der Waals surface area contributed by atoms with Crippen molar-refractivity contribution < 1.29 is 5.11 Å². The molecule has 0 fully saturated rings. The standard InChI is InChI=1S/C17H16N4O/c22-15-8-18-10-19-17-16(15)20-11-21(17)9-13-6-3-5-12-4-1-2-7-14(12)13/h1-7,10-11,15,22H,8-9H2,(H,18,19). The molecule has 0 amide bonds. The number of imidazole rings is 1. The molecule has 0 saturated heterocycles. The van der Waals surface area contributed by atoms with Crippen LogP contribution in [0.25, 0.3) is 10.8 Å². The van der Waals surface area contributed by atoms with Crippen molar-refractivity contribution in [3.63, 3.8) is 0 Å². The molecule has 2 heterocycles. The van der Waals surface area contributed by atoms with Crippen LogP contribution in [0.3, 0.4) is 0 Å². The van der Waals surface area contributed by atoms with Gasteiger partial charge in [0.05, 0.1) is 25.8 Å². The minimum absolute atomic E-state index is 0.339. The van der Waals surface area contributed by atoms with Crippen LogP contribution in [0.2, 0.25) is 0 Å². The molecule has 0 aliphatic carbocycles. The Hall–Kier alpha value is -2.66. The van der Waals surface area contributed by atoms with E-state index in [4.69, 9.17) is 0 Å². The van der Waals surface area contributed by atoms with Crippen molar-refractivity contribution in [1.82, 2.24) is 9.55 Å². The zero-order chi connectivity index (χ0) is 14.9. The maximum atomic E-state index is 10.1. The van der Waals surface area contributed by atoms with E-state index in [2.05, 4.69) is 51.7 Å². The van der Waals surface area contributed by atoms with Crippen LogP contribution in [0.5, 0.6) is 0 Å². The Morgan fingerprint density at radius 1 is 1.18 bits per heavy atom. The summed E-state index contributed by atoms with van der Waals surface area (Å²) in [6.07, 6.45) is 2.73. The zero-order valence-corrected chi connectivity index (χ0v) is 12.0. The zero-order valence-electron chi connectivity index (χ0n) is 12.0. The molecule has 5 nitrogen and oxygen atoms in total. The highest BCUT2D eigenvalue weighted by Gasteiger charge is 2.20. The van der Waals surface area contributed by atoms with Gasteiger partial charge in [0, 0.05) is 0 Å². The van der Waals surface area contributed by atoms with E-state index in [0.29, 0.717) is 18.8 Å². The van der Waals surface area contributed by atoms with Gasteiger partial charge in [-0.1, -0.05) is 42.5 Å². The summed E-state index contributed by atoms with van der Waals surface area (Å²) in [6, 6.07) is 14.6. The van der Waals surface area contributed by atoms with Crippen LogP contribution >= 0.6 is 0 Å². The second kappa shape index (κ2) is 5.27. The van der Waals surface area contributed by atoms with Crippen LogP contribution < -0.4 is 5.32 Å². The first-order valence-corrected chi connectivity index (χ1v) is 7.27. The summed E-state index contributed by atoms with van der Waals surface area (Å²) in [5.41, 5.74) is 1.87. The van der Waals surface area contributed by atoms with Crippen molar-refractivity contribution in [2.75, 3.05) is 11.9 Å². The van der Waals surface area contributed by atoms with Crippen molar-refractivity contribution in [2.24, 2.45) is 4.99 Å². The number of aliphatic imine (C=N–C) groups is 1. The molecule has 22 heavy (non-hydrogen) atoms. The molecule has 2 N–H and O–H groups in total. The average Bonchev–Trinajstić information content (AvgIpc) is 2.85. The summed E-state index contributed by atoms with van der Waals surface area (Å²) in [5.74, 6) is 0.807. The summed E-state index contributed by atoms with van der Waals surface area (Å²) >= 11 is 0. The first-order valence-electron chi connectivity index (χ1n) is 7.27. The number of aliphatic hydroxyl groups excluding tert-OH is 1. The number of benzene rings is 2. The molecule has 0 saturated carbocycles. The number of rotatable bonds is 2.